The van der Waals surface area contributed by atoms with E-state index in [1.54, 1.807) is 19.1 Å². The Bertz CT molecular complexity index is 1670. The van der Waals surface area contributed by atoms with Gasteiger partial charge in [-0.2, -0.15) is 14.9 Å². The molecule has 0 amide bonds. The van der Waals surface area contributed by atoms with Gasteiger partial charge in [-0.25, -0.2) is 4.98 Å². The molecule has 1 aliphatic carbocycles. The number of nitrogens with one attached hydrogen (secondary N) is 2. The molecular weight excluding hydrogens is 505 g/mol. The number of pyridine rings is 2. The van der Waals surface area contributed by atoms with Crippen LogP contribution in [0.15, 0.2) is 36.7 Å². The van der Waals surface area contributed by atoms with Crippen molar-refractivity contribution in [3.63, 3.8) is 0 Å². The minimum atomic E-state index is -0.563. The first-order valence-corrected chi connectivity index (χ1v) is 13.3. The number of aryl methyl sites for hydroxylation is 1. The van der Waals surface area contributed by atoms with Crippen molar-refractivity contribution < 1.29 is 4.39 Å². The molecule has 9 nitrogen and oxygen atoms in total. The van der Waals surface area contributed by atoms with E-state index >= 15 is 0 Å². The minimum absolute atomic E-state index is 0.0438. The zero-order valence-electron chi connectivity index (χ0n) is 23.4. The highest BCUT2D eigenvalue weighted by atomic mass is 19.1. The zero-order chi connectivity index (χ0) is 28.7. The molecule has 3 heterocycles. The summed E-state index contributed by atoms with van der Waals surface area (Å²) in [6.07, 6.45) is 5.71. The van der Waals surface area contributed by atoms with Crippen LogP contribution in [0.5, 0.6) is 0 Å². The third-order valence-corrected chi connectivity index (χ3v) is 7.22. The number of benzene rings is 1. The highest BCUT2D eigenvalue weighted by Gasteiger charge is 2.38. The van der Waals surface area contributed by atoms with Crippen LogP contribution in [-0.4, -0.2) is 31.5 Å². The minimum Gasteiger partial charge on any atom is -0.383 e. The topological polar surface area (TPSA) is 128 Å². The van der Waals surface area contributed by atoms with Gasteiger partial charge in [-0.05, 0) is 48.8 Å². The quantitative estimate of drug-likeness (QED) is 0.267. The van der Waals surface area contributed by atoms with Gasteiger partial charge in [-0.1, -0.05) is 39.0 Å². The predicted octanol–water partition coefficient (Wildman–Crippen LogP) is 5.87. The number of aromatic nitrogens is 5. The largest absolute Gasteiger partial charge is 0.383 e. The second-order valence-electron chi connectivity index (χ2n) is 12.1. The number of hydrogen-bond donors (Lipinski definition) is 2. The predicted molar refractivity (Wildman–Crippen MR) is 151 cm³/mol. The number of halogens is 1. The lowest BCUT2D eigenvalue weighted by Gasteiger charge is -2.23. The fourth-order valence-electron chi connectivity index (χ4n) is 4.71. The third kappa shape index (κ3) is 5.72. The molecule has 5 rings (SSSR count). The molecular formula is C30H32FN9. The number of hydrogen-bond acceptors (Lipinski definition) is 8. The Morgan fingerprint density at radius 3 is 2.55 bits per heavy atom. The summed E-state index contributed by atoms with van der Waals surface area (Å²) in [4.78, 5) is 8.48. The molecule has 1 saturated carbocycles. The summed E-state index contributed by atoms with van der Waals surface area (Å²) in [6.45, 7) is 11.7. The maximum atomic E-state index is 13.9. The Labute approximate surface area is 233 Å². The van der Waals surface area contributed by atoms with E-state index in [0.29, 0.717) is 51.3 Å². The first kappa shape index (κ1) is 27.0. The molecule has 4 aromatic rings. The van der Waals surface area contributed by atoms with Crippen molar-refractivity contribution in [1.29, 1.82) is 10.5 Å². The van der Waals surface area contributed by atoms with Crippen molar-refractivity contribution in [3.8, 4) is 12.1 Å². The second-order valence-corrected chi connectivity index (χ2v) is 12.1. The molecule has 40 heavy (non-hydrogen) atoms. The molecule has 3 aromatic heterocycles. The monoisotopic (exact) mass is 537 g/mol. The summed E-state index contributed by atoms with van der Waals surface area (Å²) in [5.74, 6) is -0.563. The van der Waals surface area contributed by atoms with Gasteiger partial charge >= 0.3 is 0 Å². The van der Waals surface area contributed by atoms with E-state index in [4.69, 9.17) is 0 Å². The Balaban J connectivity index is 1.61. The molecule has 0 unspecified atom stereocenters. The molecule has 1 fully saturated rings. The first-order chi connectivity index (χ1) is 19.0. The van der Waals surface area contributed by atoms with E-state index in [1.165, 1.54) is 12.3 Å². The summed E-state index contributed by atoms with van der Waals surface area (Å²) in [5.41, 5.74) is 4.60. The molecule has 10 heteroatoms. The molecule has 0 radical (unpaired) electrons. The number of fused-ring (bicyclic) bond motifs is 1. The lowest BCUT2D eigenvalue weighted by atomic mass is 9.96. The van der Waals surface area contributed by atoms with Crippen LogP contribution in [-0.2, 0) is 6.54 Å². The molecule has 1 atom stereocenters. The Kier molecular flexibility index (Phi) is 6.89. The maximum absolute atomic E-state index is 13.9. The van der Waals surface area contributed by atoms with Crippen molar-refractivity contribution in [2.45, 2.75) is 60.0 Å². The molecule has 0 saturated heterocycles. The van der Waals surface area contributed by atoms with E-state index in [2.05, 4.69) is 70.7 Å². The summed E-state index contributed by atoms with van der Waals surface area (Å²) >= 11 is 0. The Hall–Kier alpha value is -4.57. The molecule has 1 aromatic carbocycles. The lowest BCUT2D eigenvalue weighted by molar-refractivity contribution is 0.424. The SMILES string of the molecule is Cc1nc(F)ccc1[C@H](Nc1cc(C#N)c2ncc(C#N)c(NCC(C)(C)C)c2c1)c1cn(CC2(C)CC2)nn1. The standard InChI is InChI=1S/C30H32FN9/c1-18-22(6-7-25(31)36-18)28(24-15-40(39-38-24)17-30(5)8-9-30)37-21-10-19(12-32)26-23(11-21)27(20(13-33)14-34-26)35-16-29(2,3)4/h6-7,10-11,14-15,28,37H,8-9,16-17H2,1-5H3,(H,34,35)/t28-/m0/s1. The fraction of sp³-hybridized carbons (Fsp3) is 0.400. The highest BCUT2D eigenvalue weighted by molar-refractivity contribution is 5.99. The van der Waals surface area contributed by atoms with E-state index in [9.17, 15) is 14.9 Å². The number of rotatable bonds is 8. The van der Waals surface area contributed by atoms with Crippen LogP contribution in [0.4, 0.5) is 15.8 Å². The van der Waals surface area contributed by atoms with Gasteiger partial charge in [0.25, 0.3) is 0 Å². The van der Waals surface area contributed by atoms with Crippen LogP contribution in [0.25, 0.3) is 10.9 Å². The molecule has 204 valence electrons. The van der Waals surface area contributed by atoms with Gasteiger partial charge in [-0.3, -0.25) is 9.67 Å². The smallest absolute Gasteiger partial charge is 0.213 e. The average molecular weight is 538 g/mol. The second kappa shape index (κ2) is 10.2. The van der Waals surface area contributed by atoms with E-state index < -0.39 is 12.0 Å². The van der Waals surface area contributed by atoms with Gasteiger partial charge in [0, 0.05) is 41.6 Å². The van der Waals surface area contributed by atoms with Gasteiger partial charge in [0.1, 0.15) is 17.8 Å². The molecule has 0 spiro atoms. The van der Waals surface area contributed by atoms with Crippen molar-refractivity contribution in [1.82, 2.24) is 25.0 Å². The Morgan fingerprint density at radius 2 is 1.90 bits per heavy atom. The Morgan fingerprint density at radius 1 is 1.15 bits per heavy atom. The van der Waals surface area contributed by atoms with Crippen molar-refractivity contribution in [2.24, 2.45) is 10.8 Å². The highest BCUT2D eigenvalue weighted by Crippen LogP contribution is 2.46. The van der Waals surface area contributed by atoms with Crippen molar-refractivity contribution >= 4 is 22.3 Å². The summed E-state index contributed by atoms with van der Waals surface area (Å²) in [5, 5.41) is 36.2. The molecule has 0 aliphatic heterocycles. The van der Waals surface area contributed by atoms with Gasteiger partial charge in [-0.15, -0.1) is 5.10 Å². The van der Waals surface area contributed by atoms with E-state index in [1.807, 2.05) is 16.9 Å². The molecule has 0 bridgehead atoms. The van der Waals surface area contributed by atoms with Crippen molar-refractivity contribution in [3.05, 3.63) is 70.7 Å². The lowest BCUT2D eigenvalue weighted by Crippen LogP contribution is -2.20. The number of anilines is 2. The van der Waals surface area contributed by atoms with E-state index in [0.717, 1.165) is 24.9 Å². The van der Waals surface area contributed by atoms with Crippen molar-refractivity contribution in [2.75, 3.05) is 17.2 Å². The zero-order valence-corrected chi connectivity index (χ0v) is 23.4. The van der Waals surface area contributed by atoms with Crippen LogP contribution in [0.3, 0.4) is 0 Å². The summed E-state index contributed by atoms with van der Waals surface area (Å²) in [6, 6.07) is 10.6. The first-order valence-electron chi connectivity index (χ1n) is 13.3. The summed E-state index contributed by atoms with van der Waals surface area (Å²) < 4.78 is 15.8. The van der Waals surface area contributed by atoms with Gasteiger partial charge in [0.2, 0.25) is 5.95 Å². The van der Waals surface area contributed by atoms with Crippen LogP contribution < -0.4 is 10.6 Å². The maximum Gasteiger partial charge on any atom is 0.213 e. The van der Waals surface area contributed by atoms with Crippen LogP contribution in [0.2, 0.25) is 0 Å². The van der Waals surface area contributed by atoms with Gasteiger partial charge in [0.05, 0.1) is 34.6 Å². The van der Waals surface area contributed by atoms with Crippen LogP contribution in [0, 0.1) is 46.4 Å². The van der Waals surface area contributed by atoms with Crippen LogP contribution in [0.1, 0.15) is 74.7 Å². The summed E-state index contributed by atoms with van der Waals surface area (Å²) in [7, 11) is 0. The molecule has 1 aliphatic rings. The normalized spacial score (nSPS) is 14.8. The fourth-order valence-corrected chi connectivity index (χ4v) is 4.71. The molecule has 2 N–H and O–H groups in total. The van der Waals surface area contributed by atoms with E-state index in [-0.39, 0.29) is 10.8 Å². The third-order valence-electron chi connectivity index (χ3n) is 7.22. The van der Waals surface area contributed by atoms with Crippen LogP contribution >= 0.6 is 0 Å². The van der Waals surface area contributed by atoms with Gasteiger partial charge in [0.15, 0.2) is 0 Å². The number of nitrogens with zero attached hydrogens (tertiary/aromatic N) is 7. The number of nitriles is 2. The average Bonchev–Trinajstić information content (AvgIpc) is 3.45. The van der Waals surface area contributed by atoms with Gasteiger partial charge < -0.3 is 10.6 Å².